The minimum atomic E-state index is -0.309. The number of aromatic nitrogens is 4. The van der Waals surface area contributed by atoms with Gasteiger partial charge >= 0.3 is 0 Å². The first kappa shape index (κ1) is 13.7. The molecule has 1 amide bonds. The smallest absolute Gasteiger partial charge is 0.230 e. The molecule has 110 valence electrons. The van der Waals surface area contributed by atoms with Crippen LogP contribution in [0.3, 0.4) is 0 Å². The van der Waals surface area contributed by atoms with Crippen LogP contribution in [-0.4, -0.2) is 39.2 Å². The number of carbonyl (C=O) groups excluding carboxylic acids is 1. The first-order valence-corrected chi connectivity index (χ1v) is 7.03. The van der Waals surface area contributed by atoms with Crippen molar-refractivity contribution in [3.8, 4) is 5.69 Å². The van der Waals surface area contributed by atoms with Crippen molar-refractivity contribution < 1.29 is 4.79 Å². The maximum Gasteiger partial charge on any atom is 0.230 e. The molecule has 7 nitrogen and oxygen atoms in total. The standard InChI is InChI=1S/C14H18N6O/c1-14(5-7-15-8-6-14)13(21)17-11-3-2-4-12(9-11)20-10-16-18-19-20/h2-4,9-10,15H,5-8H2,1H3,(H,17,21). The molecule has 2 aromatic rings. The van der Waals surface area contributed by atoms with Crippen LogP contribution >= 0.6 is 0 Å². The first-order valence-electron chi connectivity index (χ1n) is 7.03. The van der Waals surface area contributed by atoms with E-state index in [0.29, 0.717) is 0 Å². The number of tetrazole rings is 1. The SMILES string of the molecule is CC1(C(=O)Nc2cccc(-n3cnnn3)c2)CCNCC1. The molecule has 1 aromatic carbocycles. The van der Waals surface area contributed by atoms with Crippen LogP contribution in [0.4, 0.5) is 5.69 Å². The first-order chi connectivity index (χ1) is 10.2. The molecule has 0 radical (unpaired) electrons. The molecular weight excluding hydrogens is 268 g/mol. The minimum absolute atomic E-state index is 0.0675. The number of nitrogens with zero attached hydrogens (tertiary/aromatic N) is 4. The summed E-state index contributed by atoms with van der Waals surface area (Å²) in [5.41, 5.74) is 1.26. The molecule has 1 aliphatic rings. The van der Waals surface area contributed by atoms with Crippen LogP contribution in [0.1, 0.15) is 19.8 Å². The van der Waals surface area contributed by atoms with Crippen LogP contribution in [0.5, 0.6) is 0 Å². The van der Waals surface area contributed by atoms with Gasteiger partial charge in [0.15, 0.2) is 0 Å². The molecule has 0 atom stereocenters. The number of rotatable bonds is 3. The largest absolute Gasteiger partial charge is 0.326 e. The van der Waals surface area contributed by atoms with Crippen LogP contribution < -0.4 is 10.6 Å². The molecule has 21 heavy (non-hydrogen) atoms. The van der Waals surface area contributed by atoms with Gasteiger partial charge in [-0.2, -0.15) is 0 Å². The van der Waals surface area contributed by atoms with Crippen molar-refractivity contribution in [3.05, 3.63) is 30.6 Å². The Labute approximate surface area is 122 Å². The van der Waals surface area contributed by atoms with Gasteiger partial charge in [-0.15, -0.1) is 5.10 Å². The molecular formula is C14H18N6O. The van der Waals surface area contributed by atoms with E-state index in [4.69, 9.17) is 0 Å². The fourth-order valence-corrected chi connectivity index (χ4v) is 2.49. The second kappa shape index (κ2) is 5.61. The Kier molecular flexibility index (Phi) is 3.66. The number of piperidine rings is 1. The molecule has 2 N–H and O–H groups in total. The van der Waals surface area contributed by atoms with Gasteiger partial charge in [0.1, 0.15) is 6.33 Å². The third-order valence-electron chi connectivity index (χ3n) is 3.97. The van der Waals surface area contributed by atoms with Gasteiger partial charge in [0, 0.05) is 11.1 Å². The molecule has 0 aliphatic carbocycles. The van der Waals surface area contributed by atoms with E-state index in [1.165, 1.54) is 6.33 Å². The van der Waals surface area contributed by atoms with Gasteiger partial charge in [-0.05, 0) is 54.6 Å². The Morgan fingerprint density at radius 3 is 2.90 bits per heavy atom. The Hall–Kier alpha value is -2.28. The van der Waals surface area contributed by atoms with E-state index in [2.05, 4.69) is 26.2 Å². The number of hydrogen-bond acceptors (Lipinski definition) is 5. The van der Waals surface area contributed by atoms with Gasteiger partial charge in [0.05, 0.1) is 5.69 Å². The maximum absolute atomic E-state index is 12.5. The average Bonchev–Trinajstić information content (AvgIpc) is 3.02. The summed E-state index contributed by atoms with van der Waals surface area (Å²) in [7, 11) is 0. The van der Waals surface area contributed by atoms with E-state index in [9.17, 15) is 4.79 Å². The van der Waals surface area contributed by atoms with Crippen molar-refractivity contribution in [1.82, 2.24) is 25.5 Å². The highest BCUT2D eigenvalue weighted by atomic mass is 16.2. The summed E-state index contributed by atoms with van der Waals surface area (Å²) in [4.78, 5) is 12.5. The number of benzene rings is 1. The second-order valence-corrected chi connectivity index (χ2v) is 5.57. The third-order valence-corrected chi connectivity index (χ3v) is 3.97. The summed E-state index contributed by atoms with van der Waals surface area (Å²) in [6.07, 6.45) is 3.23. The molecule has 1 aromatic heterocycles. The number of nitrogens with one attached hydrogen (secondary N) is 2. The van der Waals surface area contributed by atoms with Crippen molar-refractivity contribution >= 4 is 11.6 Å². The Morgan fingerprint density at radius 2 is 2.19 bits per heavy atom. The lowest BCUT2D eigenvalue weighted by Gasteiger charge is -2.32. The third kappa shape index (κ3) is 2.92. The lowest BCUT2D eigenvalue weighted by Crippen LogP contribution is -2.42. The summed E-state index contributed by atoms with van der Waals surface area (Å²) in [6, 6.07) is 7.49. The predicted octanol–water partition coefficient (Wildman–Crippen LogP) is 0.990. The average molecular weight is 286 g/mol. The van der Waals surface area contributed by atoms with Gasteiger partial charge in [-0.25, -0.2) is 4.68 Å². The lowest BCUT2D eigenvalue weighted by molar-refractivity contribution is -0.126. The van der Waals surface area contributed by atoms with E-state index in [-0.39, 0.29) is 11.3 Å². The van der Waals surface area contributed by atoms with Crippen molar-refractivity contribution in [2.75, 3.05) is 18.4 Å². The molecule has 1 saturated heterocycles. The van der Waals surface area contributed by atoms with Gasteiger partial charge in [0.25, 0.3) is 0 Å². The van der Waals surface area contributed by atoms with Crippen LogP contribution in [0.15, 0.2) is 30.6 Å². The molecule has 0 bridgehead atoms. The predicted molar refractivity (Wildman–Crippen MR) is 78.0 cm³/mol. The van der Waals surface area contributed by atoms with Gasteiger partial charge in [-0.1, -0.05) is 13.0 Å². The molecule has 1 aliphatic heterocycles. The van der Waals surface area contributed by atoms with Gasteiger partial charge < -0.3 is 10.6 Å². The number of carbonyl (C=O) groups is 1. The van der Waals surface area contributed by atoms with Crippen LogP contribution in [0.2, 0.25) is 0 Å². The summed E-state index contributed by atoms with van der Waals surface area (Å²) in [6.45, 7) is 3.79. The van der Waals surface area contributed by atoms with E-state index in [1.807, 2.05) is 31.2 Å². The number of amides is 1. The van der Waals surface area contributed by atoms with E-state index in [1.54, 1.807) is 4.68 Å². The summed E-state index contributed by atoms with van der Waals surface area (Å²) < 4.78 is 1.56. The molecule has 3 rings (SSSR count). The second-order valence-electron chi connectivity index (χ2n) is 5.57. The quantitative estimate of drug-likeness (QED) is 0.879. The van der Waals surface area contributed by atoms with Crippen LogP contribution in [0, 0.1) is 5.41 Å². The van der Waals surface area contributed by atoms with Gasteiger partial charge in [0.2, 0.25) is 5.91 Å². The molecule has 2 heterocycles. The molecule has 1 fully saturated rings. The van der Waals surface area contributed by atoms with E-state index in [0.717, 1.165) is 37.3 Å². The van der Waals surface area contributed by atoms with Crippen molar-refractivity contribution in [2.45, 2.75) is 19.8 Å². The Morgan fingerprint density at radius 1 is 1.38 bits per heavy atom. The highest BCUT2D eigenvalue weighted by Gasteiger charge is 2.34. The molecule has 7 heteroatoms. The monoisotopic (exact) mass is 286 g/mol. The summed E-state index contributed by atoms with van der Waals surface area (Å²) in [5, 5.41) is 17.4. The normalized spacial score (nSPS) is 17.4. The maximum atomic E-state index is 12.5. The zero-order valence-corrected chi connectivity index (χ0v) is 11.9. The fraction of sp³-hybridized carbons (Fsp3) is 0.429. The van der Waals surface area contributed by atoms with Crippen LogP contribution in [-0.2, 0) is 4.79 Å². The molecule has 0 spiro atoms. The van der Waals surface area contributed by atoms with Crippen molar-refractivity contribution in [2.24, 2.45) is 5.41 Å². The minimum Gasteiger partial charge on any atom is -0.326 e. The number of anilines is 1. The zero-order chi connectivity index (χ0) is 14.7. The van der Waals surface area contributed by atoms with Crippen LogP contribution in [0.25, 0.3) is 5.69 Å². The van der Waals surface area contributed by atoms with E-state index >= 15 is 0 Å². The topological polar surface area (TPSA) is 84.7 Å². The van der Waals surface area contributed by atoms with Crippen molar-refractivity contribution in [3.63, 3.8) is 0 Å². The summed E-state index contributed by atoms with van der Waals surface area (Å²) in [5.74, 6) is 0.0675. The fourth-order valence-electron chi connectivity index (χ4n) is 2.49. The molecule has 0 unspecified atom stereocenters. The highest BCUT2D eigenvalue weighted by Crippen LogP contribution is 2.29. The van der Waals surface area contributed by atoms with Gasteiger partial charge in [-0.3, -0.25) is 4.79 Å². The van der Waals surface area contributed by atoms with Crippen molar-refractivity contribution in [1.29, 1.82) is 0 Å². The molecule has 0 saturated carbocycles. The Balaban J connectivity index is 1.76. The lowest BCUT2D eigenvalue weighted by atomic mass is 9.80. The zero-order valence-electron chi connectivity index (χ0n) is 11.9. The highest BCUT2D eigenvalue weighted by molar-refractivity contribution is 5.95. The summed E-state index contributed by atoms with van der Waals surface area (Å²) >= 11 is 0. The number of hydrogen-bond donors (Lipinski definition) is 2. The Bertz CT molecular complexity index is 618. The van der Waals surface area contributed by atoms with E-state index < -0.39 is 0 Å².